The highest BCUT2D eigenvalue weighted by Crippen LogP contribution is 2.23. The van der Waals surface area contributed by atoms with Crippen LogP contribution in [0.1, 0.15) is 19.4 Å². The van der Waals surface area contributed by atoms with Crippen molar-refractivity contribution in [3.05, 3.63) is 53.6 Å². The minimum absolute atomic E-state index is 0.0573. The monoisotopic (exact) mass is 319 g/mol. The van der Waals surface area contributed by atoms with Crippen molar-refractivity contribution >= 4 is 17.6 Å². The molecule has 0 aromatic heterocycles. The third-order valence-electron chi connectivity index (χ3n) is 3.46. The Bertz CT molecular complexity index is 700. The van der Waals surface area contributed by atoms with Gasteiger partial charge in [0.25, 0.3) is 0 Å². The number of hydrogen-bond donors (Lipinski definition) is 2. The van der Waals surface area contributed by atoms with Gasteiger partial charge in [-0.25, -0.2) is 8.78 Å². The van der Waals surface area contributed by atoms with Crippen molar-refractivity contribution in [3.8, 4) is 5.75 Å². The molecule has 0 atom stereocenters. The van der Waals surface area contributed by atoms with Crippen molar-refractivity contribution in [2.24, 2.45) is 5.10 Å². The molecule has 0 amide bonds. The molecule has 122 valence electrons. The molecule has 0 heterocycles. The number of nitrogens with zero attached hydrogens (tertiary/aromatic N) is 2. The van der Waals surface area contributed by atoms with Gasteiger partial charge in [-0.1, -0.05) is 0 Å². The molecular formula is C17H19F2N3O. The van der Waals surface area contributed by atoms with Gasteiger partial charge in [0, 0.05) is 36.5 Å². The maximum absolute atomic E-state index is 13.4. The van der Waals surface area contributed by atoms with Crippen molar-refractivity contribution in [2.45, 2.75) is 13.8 Å². The van der Waals surface area contributed by atoms with Gasteiger partial charge >= 0.3 is 0 Å². The highest BCUT2D eigenvalue weighted by Gasteiger charge is 2.06. The van der Waals surface area contributed by atoms with E-state index >= 15 is 0 Å². The highest BCUT2D eigenvalue weighted by atomic mass is 19.1. The molecule has 0 unspecified atom stereocenters. The zero-order chi connectivity index (χ0) is 16.8. The first-order valence-electron chi connectivity index (χ1n) is 7.37. The molecule has 0 spiro atoms. The number of anilines is 2. The average molecular weight is 319 g/mol. The maximum Gasteiger partial charge on any atom is 0.151 e. The summed E-state index contributed by atoms with van der Waals surface area (Å²) in [6.07, 6.45) is 1.38. The fraction of sp³-hybridized carbons (Fsp3) is 0.235. The normalized spacial score (nSPS) is 11.0. The predicted octanol–water partition coefficient (Wildman–Crippen LogP) is 3.96. The Balaban J connectivity index is 2.10. The first-order valence-corrected chi connectivity index (χ1v) is 7.37. The molecule has 0 bridgehead atoms. The Labute approximate surface area is 134 Å². The van der Waals surface area contributed by atoms with Crippen LogP contribution in [-0.4, -0.2) is 24.4 Å². The SMILES string of the molecule is CCN(CC)c1ccc(/C=N/Nc2ccc(F)cc2F)c(O)c1. The molecule has 0 radical (unpaired) electrons. The lowest BCUT2D eigenvalue weighted by molar-refractivity contribution is 0.474. The van der Waals surface area contributed by atoms with Gasteiger partial charge in [0.1, 0.15) is 11.6 Å². The number of halogens is 2. The summed E-state index contributed by atoms with van der Waals surface area (Å²) >= 11 is 0. The van der Waals surface area contributed by atoms with Gasteiger partial charge in [0.05, 0.1) is 11.9 Å². The Morgan fingerprint density at radius 2 is 1.87 bits per heavy atom. The Hall–Kier alpha value is -2.63. The van der Waals surface area contributed by atoms with E-state index in [1.165, 1.54) is 12.3 Å². The summed E-state index contributed by atoms with van der Waals surface area (Å²) < 4.78 is 26.2. The first-order chi connectivity index (χ1) is 11.0. The molecule has 0 fully saturated rings. The fourth-order valence-electron chi connectivity index (χ4n) is 2.18. The number of phenolic OH excluding ortho intramolecular Hbond substituents is 1. The summed E-state index contributed by atoms with van der Waals surface area (Å²) in [7, 11) is 0. The van der Waals surface area contributed by atoms with Crippen molar-refractivity contribution in [1.29, 1.82) is 0 Å². The van der Waals surface area contributed by atoms with E-state index in [1.807, 2.05) is 19.9 Å². The third kappa shape index (κ3) is 4.18. The van der Waals surface area contributed by atoms with Gasteiger partial charge < -0.3 is 10.0 Å². The summed E-state index contributed by atoms with van der Waals surface area (Å²) in [5, 5.41) is 13.9. The van der Waals surface area contributed by atoms with E-state index < -0.39 is 11.6 Å². The molecule has 2 rings (SSSR count). The Morgan fingerprint density at radius 3 is 2.48 bits per heavy atom. The summed E-state index contributed by atoms with van der Waals surface area (Å²) in [6.45, 7) is 5.76. The van der Waals surface area contributed by atoms with Crippen molar-refractivity contribution < 1.29 is 13.9 Å². The highest BCUT2D eigenvalue weighted by molar-refractivity contribution is 5.85. The number of benzene rings is 2. The van der Waals surface area contributed by atoms with Gasteiger partial charge in [-0.3, -0.25) is 5.43 Å². The van der Waals surface area contributed by atoms with Crippen LogP contribution < -0.4 is 10.3 Å². The van der Waals surface area contributed by atoms with Gasteiger partial charge in [-0.2, -0.15) is 5.10 Å². The summed E-state index contributed by atoms with van der Waals surface area (Å²) in [5.41, 5.74) is 3.95. The van der Waals surface area contributed by atoms with Crippen LogP contribution in [0.2, 0.25) is 0 Å². The molecule has 23 heavy (non-hydrogen) atoms. The zero-order valence-electron chi connectivity index (χ0n) is 13.1. The molecule has 0 aliphatic heterocycles. The van der Waals surface area contributed by atoms with Crippen LogP contribution in [0, 0.1) is 11.6 Å². The second kappa shape index (κ2) is 7.58. The third-order valence-corrected chi connectivity index (χ3v) is 3.46. The quantitative estimate of drug-likeness (QED) is 0.626. The van der Waals surface area contributed by atoms with Gasteiger partial charge in [-0.05, 0) is 38.1 Å². The largest absolute Gasteiger partial charge is 0.507 e. The number of hydrazone groups is 1. The average Bonchev–Trinajstić information content (AvgIpc) is 2.52. The van der Waals surface area contributed by atoms with Crippen molar-refractivity contribution in [3.63, 3.8) is 0 Å². The number of rotatable bonds is 6. The van der Waals surface area contributed by atoms with Gasteiger partial charge in [-0.15, -0.1) is 0 Å². The smallest absolute Gasteiger partial charge is 0.151 e. The number of hydrogen-bond acceptors (Lipinski definition) is 4. The topological polar surface area (TPSA) is 47.9 Å². The van der Waals surface area contributed by atoms with Gasteiger partial charge in [0.2, 0.25) is 0 Å². The van der Waals surface area contributed by atoms with Crippen molar-refractivity contribution in [1.82, 2.24) is 0 Å². The number of phenols is 1. The van der Waals surface area contributed by atoms with Crippen LogP contribution in [0.15, 0.2) is 41.5 Å². The Morgan fingerprint density at radius 1 is 1.13 bits per heavy atom. The van der Waals surface area contributed by atoms with Crippen LogP contribution in [-0.2, 0) is 0 Å². The van der Waals surface area contributed by atoms with E-state index in [0.29, 0.717) is 5.56 Å². The zero-order valence-corrected chi connectivity index (χ0v) is 13.1. The number of nitrogens with one attached hydrogen (secondary N) is 1. The van der Waals surface area contributed by atoms with Crippen LogP contribution in [0.25, 0.3) is 0 Å². The first kappa shape index (κ1) is 16.7. The maximum atomic E-state index is 13.4. The lowest BCUT2D eigenvalue weighted by Crippen LogP contribution is -2.21. The molecule has 2 N–H and O–H groups in total. The van der Waals surface area contributed by atoms with Gasteiger partial charge in [0.15, 0.2) is 5.82 Å². The standard InChI is InChI=1S/C17H19F2N3O/c1-3-22(4-2)14-7-5-12(17(23)10-14)11-20-21-16-8-6-13(18)9-15(16)19/h5-11,21,23H,3-4H2,1-2H3/b20-11+. The molecule has 6 heteroatoms. The number of aromatic hydroxyl groups is 1. The molecule has 0 saturated carbocycles. The van der Waals surface area contributed by atoms with Crippen LogP contribution in [0.3, 0.4) is 0 Å². The minimum atomic E-state index is -0.733. The van der Waals surface area contributed by atoms with Crippen LogP contribution in [0.5, 0.6) is 5.75 Å². The van der Waals surface area contributed by atoms with E-state index in [-0.39, 0.29) is 11.4 Å². The van der Waals surface area contributed by atoms with E-state index in [4.69, 9.17) is 0 Å². The van der Waals surface area contributed by atoms with Crippen molar-refractivity contribution in [2.75, 3.05) is 23.4 Å². The lowest BCUT2D eigenvalue weighted by atomic mass is 10.2. The molecular weight excluding hydrogens is 300 g/mol. The molecule has 2 aromatic carbocycles. The molecule has 0 aliphatic rings. The Kier molecular flexibility index (Phi) is 5.51. The summed E-state index contributed by atoms with van der Waals surface area (Å²) in [4.78, 5) is 2.10. The predicted molar refractivity (Wildman–Crippen MR) is 89.2 cm³/mol. The second-order valence-electron chi connectivity index (χ2n) is 4.91. The molecule has 4 nitrogen and oxygen atoms in total. The fourth-order valence-corrected chi connectivity index (χ4v) is 2.18. The summed E-state index contributed by atoms with van der Waals surface area (Å²) in [6, 6.07) is 8.44. The van der Waals surface area contributed by atoms with E-state index in [2.05, 4.69) is 15.4 Å². The molecule has 0 aliphatic carbocycles. The van der Waals surface area contributed by atoms with E-state index in [1.54, 1.807) is 12.1 Å². The lowest BCUT2D eigenvalue weighted by Gasteiger charge is -2.21. The van der Waals surface area contributed by atoms with E-state index in [9.17, 15) is 13.9 Å². The minimum Gasteiger partial charge on any atom is -0.507 e. The second-order valence-corrected chi connectivity index (χ2v) is 4.91. The van der Waals surface area contributed by atoms with Crippen LogP contribution >= 0.6 is 0 Å². The molecule has 0 saturated heterocycles. The summed E-state index contributed by atoms with van der Waals surface area (Å²) in [5.74, 6) is -1.30. The van der Waals surface area contributed by atoms with Crippen LogP contribution in [0.4, 0.5) is 20.2 Å². The van der Waals surface area contributed by atoms with E-state index in [0.717, 1.165) is 30.9 Å². The molecule has 2 aromatic rings.